The van der Waals surface area contributed by atoms with Crippen LogP contribution < -0.4 is 10.1 Å². The van der Waals surface area contributed by atoms with Gasteiger partial charge in [0.15, 0.2) is 12.4 Å². The maximum absolute atomic E-state index is 14.3. The van der Waals surface area contributed by atoms with E-state index in [1.54, 1.807) is 39.8 Å². The van der Waals surface area contributed by atoms with Crippen LogP contribution in [0.4, 0.5) is 5.69 Å². The second-order valence-corrected chi connectivity index (χ2v) is 14.3. The van der Waals surface area contributed by atoms with Gasteiger partial charge in [0.25, 0.3) is 11.7 Å². The zero-order chi connectivity index (χ0) is 41.8. The van der Waals surface area contributed by atoms with Crippen LogP contribution in [-0.4, -0.2) is 93.3 Å². The molecule has 6 N–H and O–H groups in total. The van der Waals surface area contributed by atoms with E-state index in [0.717, 1.165) is 6.21 Å². The van der Waals surface area contributed by atoms with Gasteiger partial charge in [0.05, 0.1) is 53.0 Å². The highest BCUT2D eigenvalue weighted by Gasteiger charge is 2.50. The van der Waals surface area contributed by atoms with Crippen LogP contribution in [0, 0.1) is 42.9 Å². The highest BCUT2D eigenvalue weighted by Crippen LogP contribution is 2.55. The number of esters is 1. The van der Waals surface area contributed by atoms with Crippen LogP contribution in [-0.2, 0) is 28.6 Å². The summed E-state index contributed by atoms with van der Waals surface area (Å²) >= 11 is 0. The van der Waals surface area contributed by atoms with Gasteiger partial charge in [-0.05, 0) is 19.9 Å². The number of carbonyl (C=O) groups is 3. The van der Waals surface area contributed by atoms with Crippen molar-refractivity contribution in [3.8, 4) is 35.3 Å². The Balaban J connectivity index is 1.97. The molecule has 2 aromatic rings. The van der Waals surface area contributed by atoms with Crippen molar-refractivity contribution in [2.45, 2.75) is 85.6 Å². The number of benzene rings is 2. The van der Waals surface area contributed by atoms with E-state index in [1.807, 2.05) is 0 Å². The maximum atomic E-state index is 14.3. The number of hydrogen-bond donors (Lipinski definition) is 6. The molecule has 1 amide bonds. The Morgan fingerprint density at radius 1 is 1.02 bits per heavy atom. The van der Waals surface area contributed by atoms with E-state index in [9.17, 15) is 39.9 Å². The molecule has 0 radical (unpaired) electrons. The Kier molecular flexibility index (Phi) is 13.5. The molecule has 3 aliphatic heterocycles. The van der Waals surface area contributed by atoms with Crippen molar-refractivity contribution in [3.05, 3.63) is 52.8 Å². The fourth-order valence-corrected chi connectivity index (χ4v) is 7.04. The van der Waals surface area contributed by atoms with Gasteiger partial charge in [0.2, 0.25) is 0 Å². The Bertz CT molecular complexity index is 2030. The summed E-state index contributed by atoms with van der Waals surface area (Å²) in [5, 5.41) is 63.2. The van der Waals surface area contributed by atoms with Crippen molar-refractivity contribution in [1.82, 2.24) is 0 Å². The van der Waals surface area contributed by atoms with Crippen LogP contribution in [0.1, 0.15) is 70.0 Å². The monoisotopic (exact) mass is 778 g/mol. The molecular weight excluding hydrogens is 728 g/mol. The van der Waals surface area contributed by atoms with Gasteiger partial charge in [-0.15, -0.1) is 6.42 Å². The highest BCUT2D eigenvalue weighted by atomic mass is 16.7. The average Bonchev–Trinajstić information content (AvgIpc) is 3.42. The lowest BCUT2D eigenvalue weighted by atomic mass is 9.78. The number of rotatable bonds is 5. The van der Waals surface area contributed by atoms with Crippen molar-refractivity contribution in [3.63, 3.8) is 0 Å². The number of oxime groups is 1. The van der Waals surface area contributed by atoms with Gasteiger partial charge < -0.3 is 54.6 Å². The Labute approximate surface area is 325 Å². The summed E-state index contributed by atoms with van der Waals surface area (Å²) < 4.78 is 23.4. The first-order valence-corrected chi connectivity index (χ1v) is 18.0. The molecule has 3 aliphatic rings. The predicted molar refractivity (Wildman–Crippen MR) is 206 cm³/mol. The number of nitrogens with zero attached hydrogens (tertiary/aromatic N) is 1. The lowest BCUT2D eigenvalue weighted by Crippen LogP contribution is -2.46. The number of amides is 1. The molecule has 0 aromatic heterocycles. The number of aliphatic hydroxyl groups excluding tert-OH is 2. The third-order valence-corrected chi connectivity index (χ3v) is 10.4. The van der Waals surface area contributed by atoms with Crippen molar-refractivity contribution >= 4 is 40.3 Å². The number of aromatic hydroxyl groups is 3. The summed E-state index contributed by atoms with van der Waals surface area (Å²) in [5.41, 5.74) is -0.792. The lowest BCUT2D eigenvalue weighted by molar-refractivity contribution is -0.160. The second kappa shape index (κ2) is 17.5. The molecule has 3 heterocycles. The Morgan fingerprint density at radius 2 is 1.70 bits per heavy atom. The summed E-state index contributed by atoms with van der Waals surface area (Å²) in [5.74, 6) is -6.64. The fraction of sp³-hybridized carbons (Fsp3) is 0.463. The third-order valence-electron chi connectivity index (χ3n) is 10.4. The minimum Gasteiger partial charge on any atom is -0.507 e. The van der Waals surface area contributed by atoms with Crippen LogP contribution in [0.3, 0.4) is 0 Å². The highest BCUT2D eigenvalue weighted by molar-refractivity contribution is 6.23. The maximum Gasteiger partial charge on any atom is 0.312 e. The molecule has 0 unspecified atom stereocenters. The van der Waals surface area contributed by atoms with Crippen LogP contribution in [0.2, 0.25) is 0 Å². The number of ether oxygens (including phenoxy) is 4. The van der Waals surface area contributed by atoms with Gasteiger partial charge in [-0.1, -0.05) is 57.0 Å². The summed E-state index contributed by atoms with van der Waals surface area (Å²) in [6.07, 6.45) is 9.55. The van der Waals surface area contributed by atoms with Gasteiger partial charge in [-0.2, -0.15) is 0 Å². The minimum absolute atomic E-state index is 0.0142. The van der Waals surface area contributed by atoms with Crippen LogP contribution >= 0.6 is 0 Å². The number of anilines is 1. The number of Topliss-reactive ketones (excluding diaryl/α,β-unsaturated/α-hetero) is 1. The SMILES string of the molecule is C#CCO/N=C/c1c2c(O)c3c(O)c(C)c4c(c3c1O)C(=O)[C@@](C)(O/C=C/[C@H](OC)[C@@H](C)[C@@H](OC(C)=O)[C@H](C)[C@H](O)[C@H](C)[C@@H](O)[C@@H](C)/C=C/C=C(\C)C(=O)N2)O4. The van der Waals surface area contributed by atoms with E-state index in [2.05, 4.69) is 16.4 Å². The molecule has 302 valence electrons. The van der Waals surface area contributed by atoms with E-state index in [1.165, 1.54) is 53.2 Å². The lowest BCUT2D eigenvalue weighted by Gasteiger charge is -2.38. The molecule has 0 aliphatic carbocycles. The molecule has 9 atom stereocenters. The number of carbonyl (C=O) groups excluding carboxylic acids is 3. The zero-order valence-corrected chi connectivity index (χ0v) is 32.8. The minimum atomic E-state index is -2.07. The predicted octanol–water partition coefficient (Wildman–Crippen LogP) is 4.74. The number of aliphatic hydroxyl groups is 2. The number of allylic oxidation sites excluding steroid dienone is 2. The van der Waals surface area contributed by atoms with Crippen LogP contribution in [0.5, 0.6) is 23.0 Å². The largest absolute Gasteiger partial charge is 0.507 e. The van der Waals surface area contributed by atoms with Crippen molar-refractivity contribution < 1.29 is 63.7 Å². The fourth-order valence-electron chi connectivity index (χ4n) is 7.04. The summed E-state index contributed by atoms with van der Waals surface area (Å²) in [6.45, 7) is 12.0. The van der Waals surface area contributed by atoms with E-state index < -0.39 is 88.8 Å². The van der Waals surface area contributed by atoms with Gasteiger partial charge in [-0.3, -0.25) is 14.4 Å². The summed E-state index contributed by atoms with van der Waals surface area (Å²) in [7, 11) is 1.42. The molecule has 0 fully saturated rings. The van der Waals surface area contributed by atoms with E-state index in [0.29, 0.717) is 0 Å². The van der Waals surface area contributed by atoms with E-state index >= 15 is 0 Å². The van der Waals surface area contributed by atoms with Gasteiger partial charge in [-0.25, -0.2) is 0 Å². The number of hydrogen-bond acceptors (Lipinski definition) is 14. The standard InChI is InChI=1S/C41H50N2O13/c1-11-16-54-42-18-26-31-36(49)29-28(35(26)48)30-38(24(7)34(29)47)56-41(9,39(30)50)53-17-15-27(52-10)21(4)37(55-25(8)44)23(6)33(46)22(5)32(45)19(2)13-12-14-20(3)40(51)43-31/h1,12-15,17-19,21-23,27,32-33,37,45-49H,16H2,2-10H3,(H,43,51)/b13-12+,17-15+,20-14+,42-18+/t19-,21+,22+,23+,27-,32-,33+,37+,41-/m0/s1. The number of fused-ring (bicyclic) bond motifs is 14. The van der Waals surface area contributed by atoms with E-state index in [-0.39, 0.29) is 51.1 Å². The molecule has 15 nitrogen and oxygen atoms in total. The quantitative estimate of drug-likeness (QED) is 0.0460. The van der Waals surface area contributed by atoms with Crippen molar-refractivity contribution in [1.29, 1.82) is 0 Å². The Hall–Kier alpha value is -5.56. The molecule has 5 bridgehead atoms. The third kappa shape index (κ3) is 8.32. The number of methoxy groups -OCH3 is 1. The van der Waals surface area contributed by atoms with Crippen molar-refractivity contribution in [2.75, 3.05) is 19.0 Å². The van der Waals surface area contributed by atoms with E-state index in [4.69, 9.17) is 30.2 Å². The summed E-state index contributed by atoms with van der Waals surface area (Å²) in [4.78, 5) is 45.1. The van der Waals surface area contributed by atoms with Gasteiger partial charge >= 0.3 is 11.8 Å². The second-order valence-electron chi connectivity index (χ2n) is 14.3. The molecule has 56 heavy (non-hydrogen) atoms. The van der Waals surface area contributed by atoms with Crippen molar-refractivity contribution in [2.24, 2.45) is 28.8 Å². The van der Waals surface area contributed by atoms with Crippen LogP contribution in [0.25, 0.3) is 10.8 Å². The Morgan fingerprint density at radius 3 is 2.32 bits per heavy atom. The average molecular weight is 779 g/mol. The topological polar surface area (TPSA) is 223 Å². The first kappa shape index (κ1) is 43.2. The normalized spacial score (nSPS) is 30.9. The molecule has 0 saturated carbocycles. The number of ketones is 1. The zero-order valence-electron chi connectivity index (χ0n) is 32.8. The first-order chi connectivity index (χ1) is 26.3. The van der Waals surface area contributed by atoms with Crippen LogP contribution in [0.15, 0.2) is 41.3 Å². The number of phenolic OH excluding ortho intramolecular Hbond substituents is 3. The summed E-state index contributed by atoms with van der Waals surface area (Å²) in [6, 6.07) is 0. The number of nitrogens with one attached hydrogen (secondary N) is 1. The van der Waals surface area contributed by atoms with Gasteiger partial charge in [0.1, 0.15) is 23.4 Å². The number of phenols is 3. The molecule has 15 heteroatoms. The molecule has 0 spiro atoms. The molecular formula is C41H50N2O13. The number of terminal acetylenes is 1. The molecule has 2 aromatic carbocycles. The molecule has 5 rings (SSSR count). The first-order valence-electron chi connectivity index (χ1n) is 18.0. The van der Waals surface area contributed by atoms with Gasteiger partial charge in [0, 0.05) is 61.2 Å². The smallest absolute Gasteiger partial charge is 0.312 e. The molecule has 0 saturated heterocycles.